The van der Waals surface area contributed by atoms with Crippen LogP contribution >= 0.6 is 0 Å². The first-order chi connectivity index (χ1) is 15.7. The molecule has 0 atom stereocenters. The van der Waals surface area contributed by atoms with E-state index in [1.165, 1.54) is 19.2 Å². The van der Waals surface area contributed by atoms with Gasteiger partial charge < -0.3 is 20.1 Å². The third-order valence-electron chi connectivity index (χ3n) is 5.47. The van der Waals surface area contributed by atoms with Gasteiger partial charge in [-0.05, 0) is 49.2 Å². The van der Waals surface area contributed by atoms with Crippen LogP contribution in [0, 0.1) is 6.92 Å². The van der Waals surface area contributed by atoms with Crippen molar-refractivity contribution in [3.05, 3.63) is 71.0 Å². The van der Waals surface area contributed by atoms with Crippen molar-refractivity contribution in [1.29, 1.82) is 0 Å². The molecule has 0 aliphatic carbocycles. The van der Waals surface area contributed by atoms with Crippen LogP contribution < -0.4 is 10.1 Å². The molecule has 0 bridgehead atoms. The number of fused-ring (bicyclic) bond motifs is 1. The highest BCUT2D eigenvalue weighted by atomic mass is 32.2. The molecule has 0 spiro atoms. The Bertz CT molecular complexity index is 1390. The highest BCUT2D eigenvalue weighted by molar-refractivity contribution is 7.91. The van der Waals surface area contributed by atoms with Gasteiger partial charge in [0.2, 0.25) is 9.84 Å². The van der Waals surface area contributed by atoms with Gasteiger partial charge >= 0.3 is 5.97 Å². The number of sulfone groups is 1. The van der Waals surface area contributed by atoms with E-state index in [2.05, 4.69) is 10.3 Å². The van der Waals surface area contributed by atoms with Gasteiger partial charge in [-0.1, -0.05) is 18.2 Å². The number of carbonyl (C=O) groups excluding carboxylic acids is 1. The minimum atomic E-state index is -3.91. The van der Waals surface area contributed by atoms with Crippen molar-refractivity contribution in [3.63, 3.8) is 0 Å². The fourth-order valence-electron chi connectivity index (χ4n) is 3.96. The topological polar surface area (TPSA) is 126 Å². The predicted molar refractivity (Wildman–Crippen MR) is 123 cm³/mol. The maximum absolute atomic E-state index is 13.4. The molecule has 0 radical (unpaired) electrons. The molecule has 9 heteroatoms. The summed E-state index contributed by atoms with van der Waals surface area (Å²) in [5.74, 6) is -0.807. The number of carboxylic acid groups (broad SMARTS) is 1. The van der Waals surface area contributed by atoms with E-state index in [9.17, 15) is 23.1 Å². The van der Waals surface area contributed by atoms with Crippen LogP contribution in [0.15, 0.2) is 58.3 Å². The van der Waals surface area contributed by atoms with Gasteiger partial charge in [-0.25, -0.2) is 8.42 Å². The molecule has 1 aromatic heterocycles. The van der Waals surface area contributed by atoms with E-state index in [1.807, 2.05) is 0 Å². The lowest BCUT2D eigenvalue weighted by Gasteiger charge is -2.08. The van der Waals surface area contributed by atoms with Crippen LogP contribution in [0.2, 0.25) is 0 Å². The van der Waals surface area contributed by atoms with Crippen molar-refractivity contribution in [2.45, 2.75) is 29.6 Å². The second-order valence-electron chi connectivity index (χ2n) is 7.61. The SMILES string of the molecule is COc1ccc2c(c1)NC(=O)C2=Cc1[nH]c(C)c(S(=O)(=O)c2ccccc2)c1CCC(=O)O. The molecule has 1 aliphatic heterocycles. The normalized spacial score (nSPS) is 14.2. The summed E-state index contributed by atoms with van der Waals surface area (Å²) in [5.41, 5.74) is 2.66. The van der Waals surface area contributed by atoms with Crippen LogP contribution in [-0.2, 0) is 25.8 Å². The number of benzene rings is 2. The molecule has 170 valence electrons. The van der Waals surface area contributed by atoms with Gasteiger partial charge in [-0.3, -0.25) is 9.59 Å². The number of carboxylic acids is 1. The summed E-state index contributed by atoms with van der Waals surface area (Å²) in [6, 6.07) is 13.1. The van der Waals surface area contributed by atoms with E-state index >= 15 is 0 Å². The van der Waals surface area contributed by atoms with Crippen molar-refractivity contribution >= 4 is 39.1 Å². The maximum atomic E-state index is 13.4. The van der Waals surface area contributed by atoms with E-state index in [0.29, 0.717) is 39.5 Å². The molecule has 3 aromatic rings. The van der Waals surface area contributed by atoms with Crippen LogP contribution in [0.1, 0.15) is 28.9 Å². The zero-order valence-corrected chi connectivity index (χ0v) is 18.8. The first-order valence-electron chi connectivity index (χ1n) is 10.2. The molecule has 33 heavy (non-hydrogen) atoms. The number of carbonyl (C=O) groups is 2. The molecule has 8 nitrogen and oxygen atoms in total. The number of amides is 1. The molecule has 0 fully saturated rings. The molecule has 1 aliphatic rings. The van der Waals surface area contributed by atoms with Gasteiger partial charge in [-0.2, -0.15) is 0 Å². The summed E-state index contributed by atoms with van der Waals surface area (Å²) in [6.07, 6.45) is 1.30. The number of aryl methyl sites for hydroxylation is 1. The fraction of sp³-hybridized carbons (Fsp3) is 0.167. The fourth-order valence-corrected chi connectivity index (χ4v) is 5.70. The summed E-state index contributed by atoms with van der Waals surface area (Å²) in [5, 5.41) is 12.0. The Morgan fingerprint density at radius 2 is 1.88 bits per heavy atom. The predicted octanol–water partition coefficient (Wildman–Crippen LogP) is 3.67. The van der Waals surface area contributed by atoms with E-state index in [4.69, 9.17) is 4.74 Å². The largest absolute Gasteiger partial charge is 0.497 e. The number of aliphatic carboxylic acids is 1. The highest BCUT2D eigenvalue weighted by Gasteiger charge is 2.30. The van der Waals surface area contributed by atoms with Gasteiger partial charge in [0, 0.05) is 29.4 Å². The van der Waals surface area contributed by atoms with Crippen LogP contribution in [0.4, 0.5) is 5.69 Å². The van der Waals surface area contributed by atoms with Crippen molar-refractivity contribution in [1.82, 2.24) is 4.98 Å². The first-order valence-corrected chi connectivity index (χ1v) is 11.7. The van der Waals surface area contributed by atoms with Crippen molar-refractivity contribution in [2.75, 3.05) is 12.4 Å². The van der Waals surface area contributed by atoms with Crippen LogP contribution in [0.5, 0.6) is 5.75 Å². The molecular weight excluding hydrogens is 444 g/mol. The average Bonchev–Trinajstić information content (AvgIpc) is 3.28. The van der Waals surface area contributed by atoms with Crippen LogP contribution in [0.3, 0.4) is 0 Å². The smallest absolute Gasteiger partial charge is 0.303 e. The molecule has 2 aromatic carbocycles. The summed E-state index contributed by atoms with van der Waals surface area (Å²) in [6.45, 7) is 1.62. The number of H-pyrrole nitrogens is 1. The molecule has 0 unspecified atom stereocenters. The van der Waals surface area contributed by atoms with Crippen LogP contribution in [0.25, 0.3) is 11.6 Å². The number of methoxy groups -OCH3 is 1. The molecule has 1 amide bonds. The van der Waals surface area contributed by atoms with Crippen molar-refractivity contribution in [2.24, 2.45) is 0 Å². The number of aromatic nitrogens is 1. The number of anilines is 1. The average molecular weight is 467 g/mol. The summed E-state index contributed by atoms with van der Waals surface area (Å²) in [7, 11) is -2.39. The molecule has 0 saturated heterocycles. The second kappa shape index (κ2) is 8.59. The van der Waals surface area contributed by atoms with Crippen molar-refractivity contribution in [3.8, 4) is 5.75 Å². The summed E-state index contributed by atoms with van der Waals surface area (Å²) >= 11 is 0. The Balaban J connectivity index is 1.88. The Morgan fingerprint density at radius 1 is 1.15 bits per heavy atom. The Labute approximate surface area is 190 Å². The summed E-state index contributed by atoms with van der Waals surface area (Å²) < 4.78 is 32.0. The Morgan fingerprint density at radius 3 is 2.55 bits per heavy atom. The number of hydrogen-bond acceptors (Lipinski definition) is 5. The monoisotopic (exact) mass is 466 g/mol. The highest BCUT2D eigenvalue weighted by Crippen LogP contribution is 2.37. The lowest BCUT2D eigenvalue weighted by molar-refractivity contribution is -0.137. The number of aromatic amines is 1. The number of ether oxygens (including phenoxy) is 1. The lowest BCUT2D eigenvalue weighted by Crippen LogP contribution is -2.08. The molecular formula is C24H22N2O6S. The van der Waals surface area contributed by atoms with E-state index in [0.717, 1.165) is 0 Å². The van der Waals surface area contributed by atoms with Crippen molar-refractivity contribution < 1.29 is 27.9 Å². The van der Waals surface area contributed by atoms with Gasteiger partial charge in [-0.15, -0.1) is 0 Å². The summed E-state index contributed by atoms with van der Waals surface area (Å²) in [4.78, 5) is 27.2. The first kappa shape index (κ1) is 22.3. The Hall–Kier alpha value is -3.85. The van der Waals surface area contributed by atoms with Gasteiger partial charge in [0.05, 0.1) is 28.2 Å². The van der Waals surface area contributed by atoms with Gasteiger partial charge in [0.1, 0.15) is 5.75 Å². The van der Waals surface area contributed by atoms with E-state index in [1.54, 1.807) is 49.4 Å². The zero-order valence-electron chi connectivity index (χ0n) is 18.0. The molecule has 4 rings (SSSR count). The number of rotatable bonds is 7. The van der Waals surface area contributed by atoms with E-state index in [-0.39, 0.29) is 28.5 Å². The van der Waals surface area contributed by atoms with Crippen LogP contribution in [-0.4, -0.2) is 37.5 Å². The Kier molecular flexibility index (Phi) is 5.82. The third-order valence-corrected chi connectivity index (χ3v) is 7.45. The molecule has 0 saturated carbocycles. The standard InChI is InChI=1S/C24H22N2O6S/c1-14-23(33(30,31)16-6-4-3-5-7-16)18(10-11-22(27)28)21(25-14)13-19-17-9-8-15(32-2)12-20(17)26-24(19)29/h3-9,12-13,25H,10-11H2,1-2H3,(H,26,29)(H,27,28). The molecule has 3 N–H and O–H groups in total. The third kappa shape index (κ3) is 4.14. The lowest BCUT2D eigenvalue weighted by atomic mass is 10.0. The zero-order chi connectivity index (χ0) is 23.8. The minimum absolute atomic E-state index is 0.0166. The maximum Gasteiger partial charge on any atom is 0.303 e. The quantitative estimate of drug-likeness (QED) is 0.456. The van der Waals surface area contributed by atoms with Gasteiger partial charge in [0.15, 0.2) is 0 Å². The number of nitrogens with one attached hydrogen (secondary N) is 2. The second-order valence-corrected chi connectivity index (χ2v) is 9.49. The van der Waals surface area contributed by atoms with Gasteiger partial charge in [0.25, 0.3) is 5.91 Å². The number of hydrogen-bond donors (Lipinski definition) is 3. The van der Waals surface area contributed by atoms with E-state index < -0.39 is 15.8 Å². The molecule has 2 heterocycles. The minimum Gasteiger partial charge on any atom is -0.497 e.